The number of pyridine rings is 1. The van der Waals surface area contributed by atoms with E-state index in [0.717, 1.165) is 28.2 Å². The second-order valence-corrected chi connectivity index (χ2v) is 6.50. The van der Waals surface area contributed by atoms with Crippen LogP contribution in [0.5, 0.6) is 0 Å². The third-order valence-electron chi connectivity index (χ3n) is 3.38. The fourth-order valence-electron chi connectivity index (χ4n) is 2.33. The normalized spacial score (nSPS) is 11.4. The van der Waals surface area contributed by atoms with E-state index in [1.54, 1.807) is 0 Å². The predicted octanol–water partition coefficient (Wildman–Crippen LogP) is 4.71. The van der Waals surface area contributed by atoms with Gasteiger partial charge in [0.1, 0.15) is 9.71 Å². The number of rotatable bonds is 3. The van der Waals surface area contributed by atoms with Crippen molar-refractivity contribution >= 4 is 57.0 Å². The first-order valence-electron chi connectivity index (χ1n) is 6.82. The highest BCUT2D eigenvalue weighted by Crippen LogP contribution is 2.36. The molecule has 0 aliphatic rings. The summed E-state index contributed by atoms with van der Waals surface area (Å²) in [6.45, 7) is 1.87. The first kappa shape index (κ1) is 15.5. The van der Waals surface area contributed by atoms with Crippen LogP contribution in [0, 0.1) is 6.92 Å². The van der Waals surface area contributed by atoms with Crippen LogP contribution in [0.15, 0.2) is 30.3 Å². The zero-order valence-corrected chi connectivity index (χ0v) is 13.8. The maximum absolute atomic E-state index is 11.3. The molecule has 1 aromatic carbocycles. The van der Waals surface area contributed by atoms with Crippen LogP contribution in [0.1, 0.15) is 26.5 Å². The van der Waals surface area contributed by atoms with E-state index in [9.17, 15) is 9.90 Å². The molecule has 0 amide bonds. The lowest BCUT2D eigenvalue weighted by Gasteiger charge is -2.01. The molecule has 0 spiro atoms. The van der Waals surface area contributed by atoms with Crippen LogP contribution in [0.4, 0.5) is 5.69 Å². The maximum atomic E-state index is 11.3. The summed E-state index contributed by atoms with van der Waals surface area (Å²) in [4.78, 5) is 16.4. The molecule has 0 radical (unpaired) electrons. The lowest BCUT2D eigenvalue weighted by atomic mass is 10.1. The van der Waals surface area contributed by atoms with Crippen molar-refractivity contribution in [2.75, 3.05) is 5.73 Å². The van der Waals surface area contributed by atoms with Gasteiger partial charge >= 0.3 is 5.97 Å². The number of fused-ring (bicyclic) bond motifs is 1. The number of hydrogen-bond donors (Lipinski definition) is 2. The summed E-state index contributed by atoms with van der Waals surface area (Å²) in [7, 11) is 0. The number of nitrogens with zero attached hydrogens (tertiary/aromatic N) is 1. The van der Waals surface area contributed by atoms with E-state index in [2.05, 4.69) is 4.98 Å². The Labute approximate surface area is 141 Å². The second-order valence-electron chi connectivity index (χ2n) is 5.07. The molecule has 2 aromatic heterocycles. The highest BCUT2D eigenvalue weighted by Gasteiger charge is 2.18. The van der Waals surface area contributed by atoms with Crippen LogP contribution in [0.3, 0.4) is 0 Å². The number of halogens is 1. The minimum atomic E-state index is -1.03. The van der Waals surface area contributed by atoms with Gasteiger partial charge in [-0.25, -0.2) is 9.78 Å². The number of carboxylic acid groups (broad SMARTS) is 1. The molecule has 23 heavy (non-hydrogen) atoms. The molecule has 0 fully saturated rings. The van der Waals surface area contributed by atoms with Crippen molar-refractivity contribution < 1.29 is 9.90 Å². The molecule has 3 N–H and O–H groups in total. The second kappa shape index (κ2) is 6.02. The molecular formula is C17H13ClN2O2S. The Balaban J connectivity index is 2.12. The van der Waals surface area contributed by atoms with Gasteiger partial charge in [0.25, 0.3) is 0 Å². The van der Waals surface area contributed by atoms with Gasteiger partial charge in [-0.1, -0.05) is 35.9 Å². The Morgan fingerprint density at radius 1 is 1.30 bits per heavy atom. The topological polar surface area (TPSA) is 76.2 Å². The minimum absolute atomic E-state index is 0.124. The number of nitrogens with two attached hydrogens (primary N) is 1. The molecular weight excluding hydrogens is 332 g/mol. The molecule has 0 aliphatic heterocycles. The summed E-state index contributed by atoms with van der Waals surface area (Å²) in [6.07, 6.45) is 3.84. The number of aromatic carboxylic acids is 1. The number of thiophene rings is 1. The number of anilines is 1. The number of nitrogen functional groups attached to an aromatic ring is 1. The van der Waals surface area contributed by atoms with Crippen molar-refractivity contribution in [2.24, 2.45) is 0 Å². The van der Waals surface area contributed by atoms with Crippen LogP contribution in [0.2, 0.25) is 5.02 Å². The van der Waals surface area contributed by atoms with Gasteiger partial charge in [0, 0.05) is 16.1 Å². The quantitative estimate of drug-likeness (QED) is 0.721. The van der Waals surface area contributed by atoms with Gasteiger partial charge in [0.05, 0.1) is 5.69 Å². The van der Waals surface area contributed by atoms with E-state index in [4.69, 9.17) is 17.3 Å². The van der Waals surface area contributed by atoms with Crippen LogP contribution >= 0.6 is 22.9 Å². The molecule has 3 rings (SSSR count). The van der Waals surface area contributed by atoms with Crippen LogP contribution in [-0.4, -0.2) is 16.1 Å². The number of aromatic nitrogens is 1. The van der Waals surface area contributed by atoms with Gasteiger partial charge in [0.2, 0.25) is 0 Å². The maximum Gasteiger partial charge on any atom is 0.348 e. The van der Waals surface area contributed by atoms with Gasteiger partial charge < -0.3 is 10.8 Å². The van der Waals surface area contributed by atoms with Crippen molar-refractivity contribution in [3.8, 4) is 0 Å². The number of hydrogen-bond acceptors (Lipinski definition) is 4. The number of benzene rings is 1. The highest BCUT2D eigenvalue weighted by molar-refractivity contribution is 7.21. The molecule has 0 saturated heterocycles. The van der Waals surface area contributed by atoms with E-state index in [-0.39, 0.29) is 10.6 Å². The molecule has 6 heteroatoms. The third-order valence-corrected chi connectivity index (χ3v) is 4.72. The lowest BCUT2D eigenvalue weighted by molar-refractivity contribution is 0.0703. The number of carbonyl (C=O) groups is 1. The summed E-state index contributed by atoms with van der Waals surface area (Å²) in [5, 5.41) is 10.6. The zero-order valence-electron chi connectivity index (χ0n) is 12.2. The molecule has 116 valence electrons. The predicted molar refractivity (Wildman–Crippen MR) is 96.1 cm³/mol. The Bertz CT molecular complexity index is 930. The van der Waals surface area contributed by atoms with E-state index in [0.29, 0.717) is 15.2 Å². The van der Waals surface area contributed by atoms with Crippen molar-refractivity contribution in [1.82, 2.24) is 4.98 Å². The van der Waals surface area contributed by atoms with Crippen molar-refractivity contribution in [3.63, 3.8) is 0 Å². The third kappa shape index (κ3) is 3.06. The summed E-state index contributed by atoms with van der Waals surface area (Å²) in [5.74, 6) is -1.03. The average molecular weight is 345 g/mol. The lowest BCUT2D eigenvalue weighted by Crippen LogP contribution is -1.97. The molecule has 0 aliphatic carbocycles. The monoisotopic (exact) mass is 344 g/mol. The minimum Gasteiger partial charge on any atom is -0.477 e. The molecule has 0 bridgehead atoms. The smallest absolute Gasteiger partial charge is 0.348 e. The number of aryl methyl sites for hydroxylation is 1. The van der Waals surface area contributed by atoms with Crippen LogP contribution in [0.25, 0.3) is 22.4 Å². The van der Waals surface area contributed by atoms with Crippen LogP contribution < -0.4 is 5.73 Å². The molecule has 2 heterocycles. The zero-order chi connectivity index (χ0) is 16.6. The molecule has 4 nitrogen and oxygen atoms in total. The summed E-state index contributed by atoms with van der Waals surface area (Å²) < 4.78 is 0. The first-order chi connectivity index (χ1) is 11.0. The Morgan fingerprint density at radius 3 is 2.65 bits per heavy atom. The van der Waals surface area contributed by atoms with Gasteiger partial charge in [-0.05, 0) is 36.2 Å². The van der Waals surface area contributed by atoms with Gasteiger partial charge in [-0.2, -0.15) is 0 Å². The fourth-order valence-corrected chi connectivity index (χ4v) is 3.47. The van der Waals surface area contributed by atoms with Gasteiger partial charge in [-0.3, -0.25) is 0 Å². The van der Waals surface area contributed by atoms with E-state index in [1.165, 1.54) is 0 Å². The Morgan fingerprint density at radius 2 is 2.00 bits per heavy atom. The van der Waals surface area contributed by atoms with Crippen molar-refractivity contribution in [3.05, 3.63) is 57.1 Å². The average Bonchev–Trinajstić information content (AvgIpc) is 2.83. The fraction of sp³-hybridized carbons (Fsp3) is 0.0588. The SMILES string of the molecule is Cc1cc(/C=C/c2ccc(Cl)cc2)c2c(N)c(C(=O)O)sc2n1. The summed E-state index contributed by atoms with van der Waals surface area (Å²) >= 11 is 6.97. The van der Waals surface area contributed by atoms with E-state index in [1.807, 2.05) is 49.4 Å². The summed E-state index contributed by atoms with van der Waals surface area (Å²) in [5.41, 5.74) is 8.93. The standard InChI is InChI=1S/C17H13ClN2O2S/c1-9-8-11(5-2-10-3-6-12(18)7-4-10)13-14(19)15(17(21)22)23-16(13)20-9/h2-8H,19H2,1H3,(H,21,22)/b5-2+. The summed E-state index contributed by atoms with van der Waals surface area (Å²) in [6, 6.07) is 9.34. The number of carboxylic acids is 1. The van der Waals surface area contributed by atoms with Crippen molar-refractivity contribution in [1.29, 1.82) is 0 Å². The Kier molecular flexibility index (Phi) is 4.07. The van der Waals surface area contributed by atoms with Gasteiger partial charge in [0.15, 0.2) is 0 Å². The van der Waals surface area contributed by atoms with Crippen LogP contribution in [-0.2, 0) is 0 Å². The van der Waals surface area contributed by atoms with E-state index >= 15 is 0 Å². The largest absolute Gasteiger partial charge is 0.477 e. The first-order valence-corrected chi connectivity index (χ1v) is 8.01. The molecule has 3 aromatic rings. The molecule has 0 unspecified atom stereocenters. The molecule has 0 saturated carbocycles. The van der Waals surface area contributed by atoms with E-state index < -0.39 is 5.97 Å². The van der Waals surface area contributed by atoms with Gasteiger partial charge in [-0.15, -0.1) is 11.3 Å². The highest BCUT2D eigenvalue weighted by atomic mass is 35.5. The Hall–Kier alpha value is -2.37. The molecule has 0 atom stereocenters. The van der Waals surface area contributed by atoms with Crippen molar-refractivity contribution in [2.45, 2.75) is 6.92 Å².